The van der Waals surface area contributed by atoms with Gasteiger partial charge >= 0.3 is 0 Å². The van der Waals surface area contributed by atoms with Crippen molar-refractivity contribution in [3.8, 4) is 0 Å². The van der Waals surface area contributed by atoms with Crippen LogP contribution < -0.4 is 10.6 Å². The van der Waals surface area contributed by atoms with Gasteiger partial charge in [0.2, 0.25) is 17.7 Å². The first kappa shape index (κ1) is 23.1. The number of carboxylic acid groups (broad SMARTS) is 1. The molecule has 0 aliphatic carbocycles. The van der Waals surface area contributed by atoms with Crippen LogP contribution >= 0.6 is 0 Å². The number of carbonyl (C=O) groups excluding carboxylic acids is 3. The molecular formula is C20H29N3O5. The Morgan fingerprint density at radius 2 is 1.75 bits per heavy atom. The van der Waals surface area contributed by atoms with E-state index in [0.717, 1.165) is 12.8 Å². The van der Waals surface area contributed by atoms with Crippen LogP contribution in [0.3, 0.4) is 0 Å². The zero-order chi connectivity index (χ0) is 20.8. The van der Waals surface area contributed by atoms with Crippen LogP contribution in [-0.4, -0.2) is 60.4 Å². The Hall–Kier alpha value is -2.90. The number of rotatable bonds is 1. The molecule has 0 saturated carbocycles. The first-order valence-corrected chi connectivity index (χ1v) is 9.39. The van der Waals surface area contributed by atoms with Crippen molar-refractivity contribution in [1.29, 1.82) is 0 Å². The summed E-state index contributed by atoms with van der Waals surface area (Å²) in [7, 11) is 0. The summed E-state index contributed by atoms with van der Waals surface area (Å²) >= 11 is 0. The number of nitrogens with zero attached hydrogens (tertiary/aromatic N) is 1. The van der Waals surface area contributed by atoms with Gasteiger partial charge in [-0.3, -0.25) is 19.2 Å². The Bertz CT molecular complexity index is 636. The van der Waals surface area contributed by atoms with E-state index in [-0.39, 0.29) is 36.7 Å². The fourth-order valence-corrected chi connectivity index (χ4v) is 3.06. The van der Waals surface area contributed by atoms with Crippen LogP contribution in [0.15, 0.2) is 30.3 Å². The highest BCUT2D eigenvalue weighted by molar-refractivity contribution is 5.83. The van der Waals surface area contributed by atoms with Crippen LogP contribution in [-0.2, 0) is 19.2 Å². The molecule has 28 heavy (non-hydrogen) atoms. The van der Waals surface area contributed by atoms with Gasteiger partial charge in [-0.25, -0.2) is 0 Å². The molecule has 0 aromatic heterocycles. The summed E-state index contributed by atoms with van der Waals surface area (Å²) in [5.41, 5.74) is 1.18. The summed E-state index contributed by atoms with van der Waals surface area (Å²) in [6, 6.07) is 10.1. The smallest absolute Gasteiger partial charge is 0.290 e. The van der Waals surface area contributed by atoms with Gasteiger partial charge in [0.05, 0.1) is 6.54 Å². The van der Waals surface area contributed by atoms with Crippen LogP contribution in [0.1, 0.15) is 44.1 Å². The van der Waals surface area contributed by atoms with Gasteiger partial charge in [-0.1, -0.05) is 30.3 Å². The predicted octanol–water partition coefficient (Wildman–Crippen LogP) is 1.13. The maximum Gasteiger partial charge on any atom is 0.290 e. The molecule has 154 valence electrons. The predicted molar refractivity (Wildman–Crippen MR) is 105 cm³/mol. The standard InChI is InChI=1S/C19H27N3O3.CH2O2/c1-15(23)22-13-5-11-20-18(24)9-8-17(10-12-21-19(25)14-22)16-6-3-2-4-7-16;2-1-3/h2-4,6-7,17H,5,8-14H2,1H3,(H,20,24)(H,21,25);1H,(H,2,3). The number of carbonyl (C=O) groups is 4. The van der Waals surface area contributed by atoms with Crippen LogP contribution in [0.2, 0.25) is 0 Å². The van der Waals surface area contributed by atoms with Gasteiger partial charge in [-0.05, 0) is 30.7 Å². The average molecular weight is 391 g/mol. The Morgan fingerprint density at radius 1 is 1.11 bits per heavy atom. The summed E-state index contributed by atoms with van der Waals surface area (Å²) in [5.74, 6) is -0.00524. The van der Waals surface area contributed by atoms with Crippen molar-refractivity contribution in [3.05, 3.63) is 35.9 Å². The van der Waals surface area contributed by atoms with Crippen molar-refractivity contribution in [1.82, 2.24) is 15.5 Å². The molecule has 1 heterocycles. The Kier molecular flexibility index (Phi) is 11.0. The quantitative estimate of drug-likeness (QED) is 0.621. The zero-order valence-electron chi connectivity index (χ0n) is 16.2. The van der Waals surface area contributed by atoms with Crippen LogP contribution in [0.5, 0.6) is 0 Å². The molecule has 8 heteroatoms. The van der Waals surface area contributed by atoms with Gasteiger partial charge in [0, 0.05) is 33.0 Å². The van der Waals surface area contributed by atoms with Crippen LogP contribution in [0.4, 0.5) is 0 Å². The number of hydrogen-bond donors (Lipinski definition) is 3. The van der Waals surface area contributed by atoms with E-state index >= 15 is 0 Å². The highest BCUT2D eigenvalue weighted by atomic mass is 16.3. The zero-order valence-corrected chi connectivity index (χ0v) is 16.2. The molecule has 1 unspecified atom stereocenters. The van der Waals surface area contributed by atoms with E-state index in [2.05, 4.69) is 22.8 Å². The SMILES string of the molecule is CC(=O)N1CCCNC(=O)CCC(c2ccccc2)CCNC(=O)C1.O=CO. The van der Waals surface area contributed by atoms with Gasteiger partial charge in [0.25, 0.3) is 6.47 Å². The van der Waals surface area contributed by atoms with Crippen LogP contribution in [0.25, 0.3) is 0 Å². The molecule has 1 aromatic carbocycles. The highest BCUT2D eigenvalue weighted by Gasteiger charge is 2.17. The number of nitrogens with one attached hydrogen (secondary N) is 2. The third-order valence-corrected chi connectivity index (χ3v) is 4.51. The Morgan fingerprint density at radius 3 is 2.39 bits per heavy atom. The van der Waals surface area contributed by atoms with E-state index in [1.165, 1.54) is 17.4 Å². The second-order valence-corrected chi connectivity index (χ2v) is 6.53. The molecule has 1 aromatic rings. The third kappa shape index (κ3) is 9.16. The Balaban J connectivity index is 0.00000122. The molecule has 2 rings (SSSR count). The van der Waals surface area contributed by atoms with Crippen LogP contribution in [0, 0.1) is 0 Å². The largest absolute Gasteiger partial charge is 0.483 e. The molecule has 1 fully saturated rings. The molecule has 1 aliphatic heterocycles. The fraction of sp³-hybridized carbons (Fsp3) is 0.500. The van der Waals surface area contributed by atoms with Gasteiger partial charge < -0.3 is 20.6 Å². The molecule has 8 nitrogen and oxygen atoms in total. The first-order valence-electron chi connectivity index (χ1n) is 9.39. The number of hydrogen-bond acceptors (Lipinski definition) is 4. The van der Waals surface area contributed by atoms with E-state index in [4.69, 9.17) is 9.90 Å². The summed E-state index contributed by atoms with van der Waals surface area (Å²) in [4.78, 5) is 45.6. The van der Waals surface area contributed by atoms with Crippen molar-refractivity contribution in [2.75, 3.05) is 26.2 Å². The monoisotopic (exact) mass is 391 g/mol. The third-order valence-electron chi connectivity index (χ3n) is 4.51. The second-order valence-electron chi connectivity index (χ2n) is 6.53. The lowest BCUT2D eigenvalue weighted by Crippen LogP contribution is -2.41. The lowest BCUT2D eigenvalue weighted by molar-refractivity contribution is -0.134. The van der Waals surface area contributed by atoms with Gasteiger partial charge in [0.1, 0.15) is 0 Å². The fourth-order valence-electron chi connectivity index (χ4n) is 3.06. The lowest BCUT2D eigenvalue weighted by atomic mass is 9.91. The lowest BCUT2D eigenvalue weighted by Gasteiger charge is -2.22. The van der Waals surface area contributed by atoms with Gasteiger partial charge in [0.15, 0.2) is 0 Å². The highest BCUT2D eigenvalue weighted by Crippen LogP contribution is 2.24. The molecule has 0 radical (unpaired) electrons. The molecule has 1 aliphatic rings. The maximum absolute atomic E-state index is 12.1. The molecule has 1 atom stereocenters. The van der Waals surface area contributed by atoms with E-state index in [9.17, 15) is 14.4 Å². The van der Waals surface area contributed by atoms with Gasteiger partial charge in [-0.15, -0.1) is 0 Å². The number of amides is 3. The molecular weight excluding hydrogens is 362 g/mol. The minimum absolute atomic E-state index is 0.0383. The normalized spacial score (nSPS) is 19.2. The molecule has 3 N–H and O–H groups in total. The van der Waals surface area contributed by atoms with Crippen molar-refractivity contribution >= 4 is 24.2 Å². The van der Waals surface area contributed by atoms with Crippen molar-refractivity contribution in [2.24, 2.45) is 0 Å². The summed E-state index contributed by atoms with van der Waals surface area (Å²) in [5, 5.41) is 12.7. The van der Waals surface area contributed by atoms with Crippen molar-refractivity contribution in [3.63, 3.8) is 0 Å². The van der Waals surface area contributed by atoms with E-state index in [1.54, 1.807) is 0 Å². The van der Waals surface area contributed by atoms with Crippen molar-refractivity contribution in [2.45, 2.75) is 38.5 Å². The summed E-state index contributed by atoms with van der Waals surface area (Å²) in [6.07, 6.45) is 2.62. The summed E-state index contributed by atoms with van der Waals surface area (Å²) < 4.78 is 0. The Labute approximate surface area is 165 Å². The minimum Gasteiger partial charge on any atom is -0.483 e. The molecule has 1 saturated heterocycles. The average Bonchev–Trinajstić information content (AvgIpc) is 2.67. The second kappa shape index (κ2) is 13.3. The van der Waals surface area contributed by atoms with Crippen molar-refractivity contribution < 1.29 is 24.3 Å². The van der Waals surface area contributed by atoms with Gasteiger partial charge in [-0.2, -0.15) is 0 Å². The maximum atomic E-state index is 12.1. The van der Waals surface area contributed by atoms with E-state index < -0.39 is 0 Å². The molecule has 0 bridgehead atoms. The summed E-state index contributed by atoms with van der Waals surface area (Å²) in [6.45, 7) is 2.79. The van der Waals surface area contributed by atoms with E-state index in [0.29, 0.717) is 32.5 Å². The molecule has 3 amide bonds. The first-order chi connectivity index (χ1) is 13.5. The number of benzene rings is 1. The molecule has 0 spiro atoms. The van der Waals surface area contributed by atoms with E-state index in [1.807, 2.05) is 18.2 Å². The minimum atomic E-state index is -0.250. The topological polar surface area (TPSA) is 116 Å².